The Balaban J connectivity index is 0. The summed E-state index contributed by atoms with van der Waals surface area (Å²) in [4.78, 5) is 53.6. The van der Waals surface area contributed by atoms with Crippen LogP contribution in [0, 0.1) is 11.3 Å². The molecule has 8 heteroatoms. The van der Waals surface area contributed by atoms with E-state index in [1.807, 2.05) is 6.92 Å². The fourth-order valence-corrected chi connectivity index (χ4v) is 2.92. The number of aliphatic imine (C=N–C) groups is 4. The number of unbranched alkanes of at least 4 members (excludes halogenated alkanes) is 4. The average Bonchev–Trinajstić information content (AvgIpc) is 2.66. The van der Waals surface area contributed by atoms with Crippen LogP contribution in [-0.4, -0.2) is 43.6 Å². The van der Waals surface area contributed by atoms with Crippen molar-refractivity contribution in [3.8, 4) is 0 Å². The molecular weight excluding hydrogens is 372 g/mol. The van der Waals surface area contributed by atoms with Gasteiger partial charge in [-0.25, -0.2) is 29.2 Å². The molecule has 0 aromatic heterocycles. The summed E-state index contributed by atoms with van der Waals surface area (Å²) in [6.07, 6.45) is 13.4. The number of hydrogen-bond acceptors (Lipinski definition) is 8. The standard InChI is InChI=1S/C11H18N2O2.C10H16N2O2/c1-10(7-13-9-15)6-11(2,3)4-5-12-8-14;1-2-3-4-5-6-7-10(11-8-13)12-9-14/h10H,4-7H2,1-3H3;10H,2-7H2,1H3. The van der Waals surface area contributed by atoms with Crippen molar-refractivity contribution in [3.63, 3.8) is 0 Å². The van der Waals surface area contributed by atoms with Crippen molar-refractivity contribution in [2.24, 2.45) is 31.3 Å². The van der Waals surface area contributed by atoms with E-state index < -0.39 is 6.17 Å². The summed E-state index contributed by atoms with van der Waals surface area (Å²) in [6, 6.07) is 0. The second-order valence-corrected chi connectivity index (χ2v) is 7.75. The third-order valence-corrected chi connectivity index (χ3v) is 4.30. The summed E-state index contributed by atoms with van der Waals surface area (Å²) in [5.74, 6) is 0.349. The smallest absolute Gasteiger partial charge is 0.211 e. The quantitative estimate of drug-likeness (QED) is 0.227. The van der Waals surface area contributed by atoms with E-state index in [9.17, 15) is 19.2 Å². The van der Waals surface area contributed by atoms with Gasteiger partial charge < -0.3 is 0 Å². The van der Waals surface area contributed by atoms with E-state index in [-0.39, 0.29) is 5.41 Å². The Morgan fingerprint density at radius 1 is 0.828 bits per heavy atom. The van der Waals surface area contributed by atoms with Crippen LogP contribution >= 0.6 is 0 Å². The highest BCUT2D eigenvalue weighted by molar-refractivity contribution is 5.36. The Hall–Kier alpha value is -2.48. The van der Waals surface area contributed by atoms with Gasteiger partial charge in [-0.2, -0.15) is 9.98 Å². The molecule has 29 heavy (non-hydrogen) atoms. The molecule has 0 aromatic rings. The molecule has 0 aliphatic rings. The van der Waals surface area contributed by atoms with Gasteiger partial charge in [-0.1, -0.05) is 53.4 Å². The summed E-state index contributed by atoms with van der Waals surface area (Å²) >= 11 is 0. The van der Waals surface area contributed by atoms with Gasteiger partial charge in [0.2, 0.25) is 24.3 Å². The molecule has 162 valence electrons. The number of carbonyl (C=O) groups excluding carboxylic acids is 4. The van der Waals surface area contributed by atoms with Crippen molar-refractivity contribution < 1.29 is 19.2 Å². The molecule has 0 heterocycles. The monoisotopic (exact) mass is 406 g/mol. The first-order valence-corrected chi connectivity index (χ1v) is 10.1. The van der Waals surface area contributed by atoms with Crippen LogP contribution in [0.1, 0.15) is 79.1 Å². The van der Waals surface area contributed by atoms with Gasteiger partial charge in [-0.15, -0.1) is 0 Å². The van der Waals surface area contributed by atoms with E-state index in [1.165, 1.54) is 37.5 Å². The summed E-state index contributed by atoms with van der Waals surface area (Å²) in [5.41, 5.74) is 0.109. The van der Waals surface area contributed by atoms with Crippen LogP contribution in [0.4, 0.5) is 0 Å². The lowest BCUT2D eigenvalue weighted by atomic mass is 9.80. The van der Waals surface area contributed by atoms with E-state index >= 15 is 0 Å². The first-order chi connectivity index (χ1) is 13.9. The van der Waals surface area contributed by atoms with Crippen LogP contribution in [0.3, 0.4) is 0 Å². The third-order valence-electron chi connectivity index (χ3n) is 4.30. The molecule has 0 rings (SSSR count). The van der Waals surface area contributed by atoms with Crippen molar-refractivity contribution in [2.75, 3.05) is 13.1 Å². The van der Waals surface area contributed by atoms with E-state index in [2.05, 4.69) is 40.7 Å². The largest absolute Gasteiger partial charge is 0.237 e. The van der Waals surface area contributed by atoms with Gasteiger partial charge >= 0.3 is 0 Å². The molecular formula is C21H34N4O4. The lowest BCUT2D eigenvalue weighted by molar-refractivity contribution is 0.264. The Bertz CT molecular complexity index is 592. The Labute approximate surface area is 173 Å². The molecule has 8 nitrogen and oxygen atoms in total. The SMILES string of the molecule is CC(CN=C=O)CC(C)(C)CCN=C=O.CCCCCCCC(N=C=O)N=C=O. The van der Waals surface area contributed by atoms with Gasteiger partial charge in [-0.05, 0) is 37.0 Å². The predicted octanol–water partition coefficient (Wildman–Crippen LogP) is 4.45. The molecule has 0 bridgehead atoms. The van der Waals surface area contributed by atoms with E-state index in [1.54, 1.807) is 6.08 Å². The first kappa shape index (κ1) is 28.7. The highest BCUT2D eigenvalue weighted by Gasteiger charge is 2.20. The third kappa shape index (κ3) is 21.7. The first-order valence-electron chi connectivity index (χ1n) is 10.1. The zero-order chi connectivity index (χ0) is 22.4. The van der Waals surface area contributed by atoms with Crippen molar-refractivity contribution in [3.05, 3.63) is 0 Å². The molecule has 0 saturated heterocycles. The van der Waals surface area contributed by atoms with Crippen LogP contribution in [0.15, 0.2) is 20.0 Å². The summed E-state index contributed by atoms with van der Waals surface area (Å²) in [7, 11) is 0. The summed E-state index contributed by atoms with van der Waals surface area (Å²) in [5, 5.41) is 0. The minimum atomic E-state index is -0.563. The molecule has 0 saturated carbocycles. The van der Waals surface area contributed by atoms with Crippen molar-refractivity contribution in [1.29, 1.82) is 0 Å². The lowest BCUT2D eigenvalue weighted by Crippen LogP contribution is -2.18. The van der Waals surface area contributed by atoms with Crippen LogP contribution < -0.4 is 0 Å². The Morgan fingerprint density at radius 3 is 1.93 bits per heavy atom. The second kappa shape index (κ2) is 20.3. The molecule has 0 aliphatic carbocycles. The molecule has 0 fully saturated rings. The lowest BCUT2D eigenvalue weighted by Gasteiger charge is -2.26. The zero-order valence-corrected chi connectivity index (χ0v) is 18.1. The molecule has 1 atom stereocenters. The molecule has 0 aromatic carbocycles. The fraction of sp³-hybridized carbons (Fsp3) is 0.810. The number of rotatable bonds is 15. The van der Waals surface area contributed by atoms with Gasteiger partial charge in [0.05, 0.1) is 13.1 Å². The van der Waals surface area contributed by atoms with Gasteiger partial charge in [0.25, 0.3) is 0 Å². The second-order valence-electron chi connectivity index (χ2n) is 7.75. The fourth-order valence-electron chi connectivity index (χ4n) is 2.92. The topological polar surface area (TPSA) is 118 Å². The number of isocyanates is 4. The zero-order valence-electron chi connectivity index (χ0n) is 18.1. The Morgan fingerprint density at radius 2 is 1.41 bits per heavy atom. The van der Waals surface area contributed by atoms with Crippen molar-refractivity contribution >= 4 is 24.3 Å². The van der Waals surface area contributed by atoms with Gasteiger partial charge in [0.1, 0.15) is 0 Å². The predicted molar refractivity (Wildman–Crippen MR) is 112 cm³/mol. The Kier molecular flexibility index (Phi) is 20.1. The van der Waals surface area contributed by atoms with Crippen molar-refractivity contribution in [2.45, 2.75) is 85.2 Å². The summed E-state index contributed by atoms with van der Waals surface area (Å²) in [6.45, 7) is 9.47. The highest BCUT2D eigenvalue weighted by Crippen LogP contribution is 2.29. The molecule has 1 unspecified atom stereocenters. The maximum Gasteiger partial charge on any atom is 0.237 e. The number of nitrogens with zero attached hydrogens (tertiary/aromatic N) is 4. The van der Waals surface area contributed by atoms with E-state index in [4.69, 9.17) is 0 Å². The maximum absolute atomic E-state index is 9.94. The van der Waals surface area contributed by atoms with E-state index in [0.29, 0.717) is 25.4 Å². The van der Waals surface area contributed by atoms with Crippen molar-refractivity contribution in [1.82, 2.24) is 0 Å². The van der Waals surface area contributed by atoms with Crippen LogP contribution in [0.2, 0.25) is 0 Å². The molecule has 0 spiro atoms. The van der Waals surface area contributed by atoms with Gasteiger partial charge in [0, 0.05) is 0 Å². The molecule has 0 N–H and O–H groups in total. The molecule has 0 radical (unpaired) electrons. The number of hydrogen-bond donors (Lipinski definition) is 0. The van der Waals surface area contributed by atoms with Crippen LogP contribution in [-0.2, 0) is 19.2 Å². The minimum absolute atomic E-state index is 0.109. The van der Waals surface area contributed by atoms with Gasteiger partial charge in [-0.3, -0.25) is 0 Å². The minimum Gasteiger partial charge on any atom is -0.211 e. The van der Waals surface area contributed by atoms with Gasteiger partial charge in [0.15, 0.2) is 6.17 Å². The van der Waals surface area contributed by atoms with Crippen LogP contribution in [0.5, 0.6) is 0 Å². The highest BCUT2D eigenvalue weighted by atomic mass is 16.1. The summed E-state index contributed by atoms with van der Waals surface area (Å²) < 4.78 is 0. The average molecular weight is 407 g/mol. The normalized spacial score (nSPS) is 11.9. The van der Waals surface area contributed by atoms with Crippen LogP contribution in [0.25, 0.3) is 0 Å². The maximum atomic E-state index is 9.94. The van der Waals surface area contributed by atoms with E-state index in [0.717, 1.165) is 25.7 Å². The molecule has 0 amide bonds. The molecule has 0 aliphatic heterocycles.